The molecule has 0 aromatic rings. The highest BCUT2D eigenvalue weighted by molar-refractivity contribution is 6.56. The molecule has 0 unspecified atom stereocenters. The highest BCUT2D eigenvalue weighted by Crippen LogP contribution is 1.53. The summed E-state index contributed by atoms with van der Waals surface area (Å²) in [4.78, 5) is 0. The summed E-state index contributed by atoms with van der Waals surface area (Å²) in [6.45, 7) is 0. The van der Waals surface area contributed by atoms with Crippen LogP contribution >= 0.6 is 11.6 Å². The first-order valence-electron chi connectivity index (χ1n) is 0.676. The van der Waals surface area contributed by atoms with E-state index in [1.807, 2.05) is 0 Å². The van der Waals surface area contributed by atoms with Gasteiger partial charge < -0.3 is 5.21 Å². The predicted molar refractivity (Wildman–Crippen MR) is 16.1 cm³/mol. The minimum Gasteiger partial charge on any atom is -0.410 e. The topological polar surface area (TPSA) is 32.6 Å². The van der Waals surface area contributed by atoms with Crippen LogP contribution in [0.5, 0.6) is 0 Å². The van der Waals surface area contributed by atoms with Gasteiger partial charge in [-0.05, 0) is 0 Å². The van der Waals surface area contributed by atoms with E-state index in [-0.39, 0.29) is 0 Å². The molecule has 0 amide bonds. The van der Waals surface area contributed by atoms with Crippen molar-refractivity contribution in [2.45, 2.75) is 0 Å². The van der Waals surface area contributed by atoms with Crippen molar-refractivity contribution < 1.29 is 5.21 Å². The maximum atomic E-state index is 7.31. The van der Waals surface area contributed by atoms with Gasteiger partial charge >= 0.3 is 0 Å². The van der Waals surface area contributed by atoms with E-state index in [0.717, 1.165) is 5.67 Å². The van der Waals surface area contributed by atoms with E-state index >= 15 is 0 Å². The van der Waals surface area contributed by atoms with Crippen LogP contribution in [-0.2, 0) is 0 Å². The van der Waals surface area contributed by atoms with E-state index in [4.69, 9.17) is 5.21 Å². The summed E-state index contributed by atoms with van der Waals surface area (Å²) in [7, 11) is 0. The molecule has 2 nitrogen and oxygen atoms in total. The van der Waals surface area contributed by atoms with Gasteiger partial charge in [-0.25, -0.2) is 0 Å². The van der Waals surface area contributed by atoms with E-state index < -0.39 is 0 Å². The monoisotopic (exact) mass is 79.0 g/mol. The lowest BCUT2D eigenvalue weighted by atomic mass is 11.7. The molecule has 0 aliphatic carbocycles. The highest BCUT2D eigenvalue weighted by atomic mass is 35.5. The minimum absolute atomic E-state index is 0.778. The van der Waals surface area contributed by atoms with Crippen LogP contribution in [-0.4, -0.2) is 10.9 Å². The minimum atomic E-state index is 0.778. The molecule has 0 aromatic heterocycles. The van der Waals surface area contributed by atoms with Crippen molar-refractivity contribution in [2.75, 3.05) is 0 Å². The average Bonchev–Trinajstić information content (AvgIpc) is 1.37. The number of halogens is 1. The van der Waals surface area contributed by atoms with Gasteiger partial charge in [0, 0.05) is 0 Å². The van der Waals surface area contributed by atoms with Gasteiger partial charge in [-0.2, -0.15) is 0 Å². The van der Waals surface area contributed by atoms with Gasteiger partial charge in [-0.3, -0.25) is 0 Å². The van der Waals surface area contributed by atoms with E-state index in [1.54, 1.807) is 0 Å². The third-order valence-electron chi connectivity index (χ3n) is 0.0436. The molecule has 0 rings (SSSR count). The van der Waals surface area contributed by atoms with Crippen LogP contribution < -0.4 is 0 Å². The first kappa shape index (κ1) is 3.76. The lowest BCUT2D eigenvalue weighted by Crippen LogP contribution is -1.43. The standard InChI is InChI=1S/CH2ClNO/c2-1-3-4/h1,4H/b3-1+. The molecule has 0 aromatic carbocycles. The number of rotatable bonds is 0. The quantitative estimate of drug-likeness (QED) is 0.258. The maximum absolute atomic E-state index is 7.31. The van der Waals surface area contributed by atoms with Crippen molar-refractivity contribution in [2.24, 2.45) is 5.16 Å². The van der Waals surface area contributed by atoms with Crippen molar-refractivity contribution in [1.82, 2.24) is 0 Å². The largest absolute Gasteiger partial charge is 0.410 e. The van der Waals surface area contributed by atoms with Gasteiger partial charge in [0.1, 0.15) is 5.67 Å². The zero-order valence-corrected chi connectivity index (χ0v) is 2.61. The molecule has 3 heteroatoms. The summed E-state index contributed by atoms with van der Waals surface area (Å²) in [5, 5.41) is 9.69. The zero-order valence-electron chi connectivity index (χ0n) is 1.85. The molecule has 0 bridgehead atoms. The fourth-order valence-corrected chi connectivity index (χ4v) is 0. The van der Waals surface area contributed by atoms with Crippen LogP contribution in [0.2, 0.25) is 0 Å². The van der Waals surface area contributed by atoms with Crippen molar-refractivity contribution in [3.05, 3.63) is 0 Å². The Kier molecular flexibility index (Phi) is 2.59. The third kappa shape index (κ3) is 1.76. The second kappa shape index (κ2) is 2.76. The summed E-state index contributed by atoms with van der Waals surface area (Å²) in [6, 6.07) is 0. The Labute approximate surface area is 28.7 Å². The van der Waals surface area contributed by atoms with Gasteiger partial charge in [-0.15, -0.1) is 0 Å². The number of hydrogen-bond donors (Lipinski definition) is 1. The van der Waals surface area contributed by atoms with Gasteiger partial charge in [0.15, 0.2) is 0 Å². The Morgan fingerprint density at radius 1 is 2.00 bits per heavy atom. The third-order valence-corrected chi connectivity index (χ3v) is 0.131. The summed E-state index contributed by atoms with van der Waals surface area (Å²) in [6.07, 6.45) is 0. The second-order valence-electron chi connectivity index (χ2n) is 0.213. The van der Waals surface area contributed by atoms with Crippen molar-refractivity contribution >= 4 is 17.3 Å². The lowest BCUT2D eigenvalue weighted by molar-refractivity contribution is 0.323. The van der Waals surface area contributed by atoms with Gasteiger partial charge in [-0.1, -0.05) is 16.8 Å². The fourth-order valence-electron chi connectivity index (χ4n) is 0. The molecule has 0 fully saturated rings. The first-order valence-corrected chi connectivity index (χ1v) is 1.11. The van der Waals surface area contributed by atoms with E-state index in [1.165, 1.54) is 0 Å². The zero-order chi connectivity index (χ0) is 3.41. The van der Waals surface area contributed by atoms with Crippen molar-refractivity contribution in [3.8, 4) is 0 Å². The molecule has 0 atom stereocenters. The van der Waals surface area contributed by atoms with Gasteiger partial charge in [0.05, 0.1) is 0 Å². The van der Waals surface area contributed by atoms with E-state index in [0.29, 0.717) is 0 Å². The summed E-state index contributed by atoms with van der Waals surface area (Å²) in [5.74, 6) is 0. The smallest absolute Gasteiger partial charge is 0.132 e. The van der Waals surface area contributed by atoms with Crippen LogP contribution in [0.4, 0.5) is 0 Å². The molecule has 24 valence electrons. The lowest BCUT2D eigenvalue weighted by Gasteiger charge is -1.51. The molecule has 0 aliphatic heterocycles. The van der Waals surface area contributed by atoms with Crippen LogP contribution in [0.1, 0.15) is 0 Å². The van der Waals surface area contributed by atoms with Crippen LogP contribution in [0, 0.1) is 0 Å². The summed E-state index contributed by atoms with van der Waals surface area (Å²) in [5.41, 5.74) is 0.778. The number of nitrogens with zero attached hydrogens (tertiary/aromatic N) is 1. The van der Waals surface area contributed by atoms with Crippen LogP contribution in [0.3, 0.4) is 0 Å². The Morgan fingerprint density at radius 2 is 2.25 bits per heavy atom. The molecule has 0 saturated heterocycles. The fraction of sp³-hybridized carbons (Fsp3) is 0. The van der Waals surface area contributed by atoms with E-state index in [9.17, 15) is 0 Å². The van der Waals surface area contributed by atoms with Gasteiger partial charge in [0.25, 0.3) is 0 Å². The predicted octanol–water partition coefficient (Wildman–Crippen LogP) is 0.643. The SMILES string of the molecule is O/N=C/Cl. The Morgan fingerprint density at radius 3 is 2.25 bits per heavy atom. The molecule has 0 aliphatic rings. The first-order chi connectivity index (χ1) is 1.91. The average molecular weight is 79.5 g/mol. The normalized spacial score (nSPS) is 9.25. The molecule has 0 radical (unpaired) electrons. The number of hydrogen-bond acceptors (Lipinski definition) is 2. The molecule has 0 heterocycles. The van der Waals surface area contributed by atoms with Crippen molar-refractivity contribution in [3.63, 3.8) is 0 Å². The summed E-state index contributed by atoms with van der Waals surface area (Å²) >= 11 is 4.64. The Balaban J connectivity index is 2.55. The molecular formula is CH2ClNO. The molecule has 0 spiro atoms. The molecular weight excluding hydrogens is 77.5 g/mol. The Hall–Kier alpha value is -0.240. The molecule has 1 N–H and O–H groups in total. The van der Waals surface area contributed by atoms with Gasteiger partial charge in [0.2, 0.25) is 0 Å². The number of oxime groups is 1. The van der Waals surface area contributed by atoms with Crippen molar-refractivity contribution in [1.29, 1.82) is 0 Å². The van der Waals surface area contributed by atoms with Crippen LogP contribution in [0.15, 0.2) is 5.16 Å². The van der Waals surface area contributed by atoms with E-state index in [2.05, 4.69) is 16.8 Å². The second-order valence-corrected chi connectivity index (χ2v) is 0.408. The summed E-state index contributed by atoms with van der Waals surface area (Å²) < 4.78 is 0. The molecule has 0 saturated carbocycles. The van der Waals surface area contributed by atoms with Crippen LogP contribution in [0.25, 0.3) is 0 Å². The Bertz CT molecular complexity index is 23.2. The highest BCUT2D eigenvalue weighted by Gasteiger charge is 1.38. The molecule has 4 heavy (non-hydrogen) atoms. The maximum Gasteiger partial charge on any atom is 0.132 e.